The Morgan fingerprint density at radius 2 is 2.05 bits per heavy atom. The average molecular weight is 291 g/mol. The zero-order valence-corrected chi connectivity index (χ0v) is 12.8. The third-order valence-electron chi connectivity index (χ3n) is 3.27. The smallest absolute Gasteiger partial charge is 0.130 e. The van der Waals surface area contributed by atoms with Gasteiger partial charge < -0.3 is 10.1 Å². The zero-order valence-electron chi connectivity index (χ0n) is 12.8. The Hall–Kier alpha value is -1.88. The molecule has 21 heavy (non-hydrogen) atoms. The van der Waals surface area contributed by atoms with E-state index < -0.39 is 0 Å². The van der Waals surface area contributed by atoms with E-state index in [0.717, 1.165) is 29.9 Å². The minimum atomic E-state index is -0.281. The highest BCUT2D eigenvalue weighted by atomic mass is 19.1. The van der Waals surface area contributed by atoms with Crippen LogP contribution >= 0.6 is 0 Å². The van der Waals surface area contributed by atoms with Crippen LogP contribution in [0.3, 0.4) is 0 Å². The summed E-state index contributed by atoms with van der Waals surface area (Å²) in [5.74, 6) is 0.262. The maximum absolute atomic E-state index is 13.6. The third-order valence-corrected chi connectivity index (χ3v) is 3.27. The highest BCUT2D eigenvalue weighted by Gasteiger charge is 2.07. The molecule has 0 unspecified atom stereocenters. The molecule has 0 saturated carbocycles. The maximum atomic E-state index is 13.6. The van der Waals surface area contributed by atoms with Crippen LogP contribution in [-0.2, 0) is 26.1 Å². The van der Waals surface area contributed by atoms with E-state index in [2.05, 4.69) is 17.3 Å². The van der Waals surface area contributed by atoms with Gasteiger partial charge in [0.2, 0.25) is 0 Å². The number of ether oxygens (including phenoxy) is 1. The largest absolute Gasteiger partial charge is 0.487 e. The lowest BCUT2D eigenvalue weighted by molar-refractivity contribution is 0.290. The van der Waals surface area contributed by atoms with Crippen molar-refractivity contribution in [3.05, 3.63) is 47.0 Å². The van der Waals surface area contributed by atoms with Crippen molar-refractivity contribution in [1.82, 2.24) is 15.1 Å². The molecular weight excluding hydrogens is 269 g/mol. The van der Waals surface area contributed by atoms with Crippen LogP contribution < -0.4 is 10.1 Å². The normalized spacial score (nSPS) is 10.9. The maximum Gasteiger partial charge on any atom is 0.130 e. The van der Waals surface area contributed by atoms with Gasteiger partial charge in [0, 0.05) is 19.2 Å². The van der Waals surface area contributed by atoms with E-state index in [0.29, 0.717) is 18.9 Å². The quantitative estimate of drug-likeness (QED) is 0.852. The van der Waals surface area contributed by atoms with Gasteiger partial charge in [-0.1, -0.05) is 6.92 Å². The van der Waals surface area contributed by atoms with Crippen molar-refractivity contribution in [2.24, 2.45) is 0 Å². The number of halogens is 1. The standard InChI is InChI=1S/C16H22FN3O/c1-4-14-9-15(20(5-2)19-14)11-21-16-7-12(10-18-3)6-13(17)8-16/h6-9,18H,4-5,10-11H2,1-3H3. The van der Waals surface area contributed by atoms with E-state index in [1.807, 2.05) is 30.8 Å². The van der Waals surface area contributed by atoms with E-state index in [9.17, 15) is 4.39 Å². The van der Waals surface area contributed by atoms with Crippen molar-refractivity contribution in [2.45, 2.75) is 40.0 Å². The predicted octanol–water partition coefficient (Wildman–Crippen LogP) is 2.90. The number of aryl methyl sites for hydroxylation is 2. The fourth-order valence-electron chi connectivity index (χ4n) is 2.25. The van der Waals surface area contributed by atoms with Gasteiger partial charge in [0.25, 0.3) is 0 Å². The predicted molar refractivity (Wildman–Crippen MR) is 80.8 cm³/mol. The van der Waals surface area contributed by atoms with Gasteiger partial charge in [0.1, 0.15) is 18.2 Å². The van der Waals surface area contributed by atoms with Gasteiger partial charge in [-0.3, -0.25) is 4.68 Å². The van der Waals surface area contributed by atoms with Gasteiger partial charge in [-0.05, 0) is 44.2 Å². The number of benzene rings is 1. The van der Waals surface area contributed by atoms with Crippen LogP contribution in [0.5, 0.6) is 5.75 Å². The van der Waals surface area contributed by atoms with Crippen LogP contribution in [0.4, 0.5) is 4.39 Å². The van der Waals surface area contributed by atoms with E-state index in [1.54, 1.807) is 0 Å². The fraction of sp³-hybridized carbons (Fsp3) is 0.438. The van der Waals surface area contributed by atoms with Crippen molar-refractivity contribution >= 4 is 0 Å². The Kier molecular flexibility index (Phi) is 5.33. The first kappa shape index (κ1) is 15.5. The van der Waals surface area contributed by atoms with Gasteiger partial charge in [-0.25, -0.2) is 4.39 Å². The molecule has 1 N–H and O–H groups in total. The van der Waals surface area contributed by atoms with Gasteiger partial charge in [0.05, 0.1) is 11.4 Å². The van der Waals surface area contributed by atoms with Crippen LogP contribution in [0.25, 0.3) is 0 Å². The van der Waals surface area contributed by atoms with Crippen molar-refractivity contribution in [2.75, 3.05) is 7.05 Å². The highest BCUT2D eigenvalue weighted by molar-refractivity contribution is 5.29. The Labute approximate surface area is 124 Å². The van der Waals surface area contributed by atoms with Gasteiger partial charge in [-0.2, -0.15) is 5.10 Å². The summed E-state index contributed by atoms with van der Waals surface area (Å²) in [4.78, 5) is 0. The summed E-state index contributed by atoms with van der Waals surface area (Å²) in [7, 11) is 1.83. The second-order valence-corrected chi connectivity index (χ2v) is 4.91. The van der Waals surface area contributed by atoms with Crippen molar-refractivity contribution in [1.29, 1.82) is 0 Å². The SMILES string of the molecule is CCc1cc(COc2cc(F)cc(CNC)c2)n(CC)n1. The van der Waals surface area contributed by atoms with Crippen LogP contribution in [0, 0.1) is 5.82 Å². The molecule has 0 amide bonds. The molecule has 0 aliphatic heterocycles. The summed E-state index contributed by atoms with van der Waals surface area (Å²) < 4.78 is 21.2. The van der Waals surface area contributed by atoms with Gasteiger partial charge >= 0.3 is 0 Å². The fourth-order valence-corrected chi connectivity index (χ4v) is 2.25. The van der Waals surface area contributed by atoms with Crippen LogP contribution in [0.2, 0.25) is 0 Å². The van der Waals surface area contributed by atoms with Crippen LogP contribution in [-0.4, -0.2) is 16.8 Å². The number of hydrogen-bond acceptors (Lipinski definition) is 3. The molecule has 0 aliphatic rings. The number of rotatable bonds is 7. The highest BCUT2D eigenvalue weighted by Crippen LogP contribution is 2.18. The lowest BCUT2D eigenvalue weighted by atomic mass is 10.2. The molecule has 5 heteroatoms. The second kappa shape index (κ2) is 7.22. The number of hydrogen-bond donors (Lipinski definition) is 1. The molecule has 1 heterocycles. The molecular formula is C16H22FN3O. The minimum Gasteiger partial charge on any atom is -0.487 e. The number of aromatic nitrogens is 2. The van der Waals surface area contributed by atoms with Crippen molar-refractivity contribution < 1.29 is 9.13 Å². The second-order valence-electron chi connectivity index (χ2n) is 4.91. The first-order valence-corrected chi connectivity index (χ1v) is 7.28. The van der Waals surface area contributed by atoms with Crippen LogP contribution in [0.1, 0.15) is 30.8 Å². The van der Waals surface area contributed by atoms with Crippen LogP contribution in [0.15, 0.2) is 24.3 Å². The lowest BCUT2D eigenvalue weighted by Crippen LogP contribution is -2.08. The molecule has 0 aliphatic carbocycles. The lowest BCUT2D eigenvalue weighted by Gasteiger charge is -2.09. The van der Waals surface area contributed by atoms with E-state index in [4.69, 9.17) is 4.74 Å². The Bertz CT molecular complexity index is 595. The Morgan fingerprint density at radius 1 is 1.24 bits per heavy atom. The molecule has 0 spiro atoms. The summed E-state index contributed by atoms with van der Waals surface area (Å²) in [6.45, 7) is 5.92. The van der Waals surface area contributed by atoms with Gasteiger partial charge in [0.15, 0.2) is 0 Å². The molecule has 0 bridgehead atoms. The van der Waals surface area contributed by atoms with Crippen molar-refractivity contribution in [3.8, 4) is 5.75 Å². The molecule has 2 aromatic rings. The van der Waals surface area contributed by atoms with E-state index in [1.165, 1.54) is 12.1 Å². The summed E-state index contributed by atoms with van der Waals surface area (Å²) in [5, 5.41) is 7.48. The first-order chi connectivity index (χ1) is 10.2. The topological polar surface area (TPSA) is 39.1 Å². The Morgan fingerprint density at radius 3 is 2.71 bits per heavy atom. The molecule has 4 nitrogen and oxygen atoms in total. The zero-order chi connectivity index (χ0) is 15.2. The summed E-state index contributed by atoms with van der Waals surface area (Å²) in [5.41, 5.74) is 2.92. The van der Waals surface area contributed by atoms with E-state index in [-0.39, 0.29) is 5.82 Å². The van der Waals surface area contributed by atoms with Gasteiger partial charge in [-0.15, -0.1) is 0 Å². The molecule has 0 atom stereocenters. The average Bonchev–Trinajstić information content (AvgIpc) is 2.87. The molecule has 0 saturated heterocycles. The summed E-state index contributed by atoms with van der Waals surface area (Å²) in [6.07, 6.45) is 0.895. The number of nitrogens with zero attached hydrogens (tertiary/aromatic N) is 2. The van der Waals surface area contributed by atoms with Crippen molar-refractivity contribution in [3.63, 3.8) is 0 Å². The number of nitrogens with one attached hydrogen (secondary N) is 1. The Balaban J connectivity index is 2.10. The molecule has 1 aromatic carbocycles. The minimum absolute atomic E-state index is 0.281. The molecule has 0 radical (unpaired) electrons. The third kappa shape index (κ3) is 4.04. The molecule has 2 rings (SSSR count). The summed E-state index contributed by atoms with van der Waals surface area (Å²) >= 11 is 0. The van der Waals surface area contributed by atoms with E-state index >= 15 is 0 Å². The molecule has 1 aromatic heterocycles. The summed E-state index contributed by atoms with van der Waals surface area (Å²) in [6, 6.07) is 6.81. The molecule has 114 valence electrons. The molecule has 0 fully saturated rings. The first-order valence-electron chi connectivity index (χ1n) is 7.28. The monoisotopic (exact) mass is 291 g/mol.